The minimum Gasteiger partial charge on any atom is -0.505 e. The fourth-order valence-corrected chi connectivity index (χ4v) is 6.12. The summed E-state index contributed by atoms with van der Waals surface area (Å²) in [6.07, 6.45) is 17.7. The Balaban J connectivity index is 2.08. The summed E-state index contributed by atoms with van der Waals surface area (Å²) in [6.45, 7) is 13.6. The molecule has 0 spiro atoms. The fraction of sp³-hybridized carbons (Fsp3) is 0.625. The molecule has 1 aliphatic heterocycles. The summed E-state index contributed by atoms with van der Waals surface area (Å²) in [5.41, 5.74) is 3.58. The van der Waals surface area contributed by atoms with Crippen LogP contribution in [0.4, 0.5) is 0 Å². The lowest BCUT2D eigenvalue weighted by atomic mass is 9.63. The molecular weight excluding hydrogens is 448 g/mol. The van der Waals surface area contributed by atoms with Gasteiger partial charge in [0.1, 0.15) is 23.7 Å². The third-order valence-electron chi connectivity index (χ3n) is 8.18. The van der Waals surface area contributed by atoms with Crippen LogP contribution in [0.25, 0.3) is 0 Å². The molecule has 36 heavy (non-hydrogen) atoms. The van der Waals surface area contributed by atoms with Gasteiger partial charge in [-0.1, -0.05) is 59.1 Å². The predicted octanol–water partition coefficient (Wildman–Crippen LogP) is 8.61. The Morgan fingerprint density at radius 2 is 1.97 bits per heavy atom. The molecule has 1 aromatic rings. The van der Waals surface area contributed by atoms with Crippen LogP contribution in [0, 0.1) is 5.92 Å². The lowest BCUT2D eigenvalue weighted by molar-refractivity contribution is -0.0152. The summed E-state index contributed by atoms with van der Waals surface area (Å²) in [7, 11) is 3.43. The van der Waals surface area contributed by atoms with Crippen LogP contribution in [-0.2, 0) is 14.9 Å². The van der Waals surface area contributed by atoms with Crippen molar-refractivity contribution in [3.8, 4) is 11.5 Å². The molecule has 0 unspecified atom stereocenters. The molecule has 0 aromatic heterocycles. The van der Waals surface area contributed by atoms with Gasteiger partial charge in [0.05, 0.1) is 26.7 Å². The van der Waals surface area contributed by atoms with E-state index in [0.717, 1.165) is 43.6 Å². The molecule has 4 heteroatoms. The molecule has 2 aliphatic rings. The maximum atomic E-state index is 6.97. The molecule has 0 bridgehead atoms. The Hall–Kier alpha value is -2.36. The molecule has 0 saturated heterocycles. The Morgan fingerprint density at radius 1 is 1.17 bits per heavy atom. The van der Waals surface area contributed by atoms with Crippen LogP contribution in [0.2, 0.25) is 0 Å². The van der Waals surface area contributed by atoms with Gasteiger partial charge in [-0.15, -0.1) is 0 Å². The number of unbranched alkanes of at least 4 members (excludes halogenated alkanes) is 3. The van der Waals surface area contributed by atoms with Gasteiger partial charge in [-0.25, -0.2) is 0 Å². The maximum absolute atomic E-state index is 6.97. The van der Waals surface area contributed by atoms with Crippen LogP contribution in [0.3, 0.4) is 0 Å². The normalized spacial score (nSPS) is 24.7. The first-order valence-corrected chi connectivity index (χ1v) is 13.8. The molecule has 3 rings (SSSR count). The molecule has 200 valence electrons. The van der Waals surface area contributed by atoms with Crippen LogP contribution < -0.4 is 9.47 Å². The van der Waals surface area contributed by atoms with Gasteiger partial charge in [-0.2, -0.15) is 0 Å². The van der Waals surface area contributed by atoms with E-state index in [-0.39, 0.29) is 11.0 Å². The van der Waals surface area contributed by atoms with Gasteiger partial charge < -0.3 is 18.9 Å². The Kier molecular flexibility index (Phi) is 9.99. The van der Waals surface area contributed by atoms with Gasteiger partial charge in [0.15, 0.2) is 0 Å². The zero-order valence-electron chi connectivity index (χ0n) is 23.5. The van der Waals surface area contributed by atoms with Gasteiger partial charge in [0.2, 0.25) is 0 Å². The summed E-state index contributed by atoms with van der Waals surface area (Å²) in [6, 6.07) is 4.59. The van der Waals surface area contributed by atoms with E-state index in [0.29, 0.717) is 18.4 Å². The number of fused-ring (bicyclic) bond motifs is 3. The third kappa shape index (κ3) is 6.49. The largest absolute Gasteiger partial charge is 0.505 e. The van der Waals surface area contributed by atoms with E-state index < -0.39 is 0 Å². The summed E-state index contributed by atoms with van der Waals surface area (Å²) >= 11 is 0. The molecule has 4 nitrogen and oxygen atoms in total. The average molecular weight is 497 g/mol. The SMILES string of the molecule is C=CCOc1cc(C(C)(C)CCCCCC)cc2c1[C@@H]1C/C(=C/OC)CC[C@H]1[C@](C)(C/C=C/OC)O2. The van der Waals surface area contributed by atoms with Gasteiger partial charge in [0, 0.05) is 23.8 Å². The number of allylic oxidation sites excluding steroid dienone is 1. The highest BCUT2D eigenvalue weighted by atomic mass is 16.5. The van der Waals surface area contributed by atoms with Gasteiger partial charge >= 0.3 is 0 Å². The highest BCUT2D eigenvalue weighted by Gasteiger charge is 2.49. The van der Waals surface area contributed by atoms with Gasteiger partial charge in [-0.3, -0.25) is 0 Å². The van der Waals surface area contributed by atoms with Crippen molar-refractivity contribution in [2.45, 2.75) is 102 Å². The van der Waals surface area contributed by atoms with Crippen molar-refractivity contribution in [2.75, 3.05) is 20.8 Å². The zero-order chi connectivity index (χ0) is 26.2. The van der Waals surface area contributed by atoms with Crippen LogP contribution in [0.15, 0.2) is 49.0 Å². The van der Waals surface area contributed by atoms with Crippen LogP contribution in [0.1, 0.15) is 103 Å². The van der Waals surface area contributed by atoms with E-state index in [9.17, 15) is 0 Å². The van der Waals surface area contributed by atoms with E-state index in [1.807, 2.05) is 12.3 Å². The molecule has 1 aromatic carbocycles. The number of benzene rings is 1. The fourth-order valence-electron chi connectivity index (χ4n) is 6.12. The minimum absolute atomic E-state index is 0.0370. The predicted molar refractivity (Wildman–Crippen MR) is 149 cm³/mol. The molecule has 0 amide bonds. The topological polar surface area (TPSA) is 36.9 Å². The first-order valence-electron chi connectivity index (χ1n) is 13.8. The molecule has 1 fully saturated rings. The molecule has 1 heterocycles. The van der Waals surface area contributed by atoms with E-state index >= 15 is 0 Å². The smallest absolute Gasteiger partial charge is 0.127 e. The summed E-state index contributed by atoms with van der Waals surface area (Å²) < 4.78 is 24.0. The molecule has 0 N–H and O–H groups in total. The lowest BCUT2D eigenvalue weighted by Gasteiger charge is -2.50. The Morgan fingerprint density at radius 3 is 2.67 bits per heavy atom. The molecule has 1 aliphatic carbocycles. The van der Waals surface area contributed by atoms with Crippen molar-refractivity contribution in [1.29, 1.82) is 0 Å². The number of hydrogen-bond acceptors (Lipinski definition) is 4. The molecule has 3 atom stereocenters. The highest BCUT2D eigenvalue weighted by molar-refractivity contribution is 5.55. The van der Waals surface area contributed by atoms with Gasteiger partial charge in [0.25, 0.3) is 0 Å². The zero-order valence-corrected chi connectivity index (χ0v) is 23.5. The van der Waals surface area contributed by atoms with Crippen LogP contribution >= 0.6 is 0 Å². The summed E-state index contributed by atoms with van der Waals surface area (Å²) in [5, 5.41) is 0. The first kappa shape index (κ1) is 28.2. The second-order valence-corrected chi connectivity index (χ2v) is 11.4. The summed E-state index contributed by atoms with van der Waals surface area (Å²) in [4.78, 5) is 0. The second kappa shape index (κ2) is 12.7. The lowest BCUT2D eigenvalue weighted by Crippen LogP contribution is -2.48. The van der Waals surface area contributed by atoms with Crippen molar-refractivity contribution in [3.63, 3.8) is 0 Å². The van der Waals surface area contributed by atoms with Crippen molar-refractivity contribution >= 4 is 0 Å². The average Bonchev–Trinajstić information content (AvgIpc) is 2.85. The van der Waals surface area contributed by atoms with Crippen molar-refractivity contribution in [2.24, 2.45) is 5.92 Å². The summed E-state index contributed by atoms with van der Waals surface area (Å²) in [5.74, 6) is 2.61. The quantitative estimate of drug-likeness (QED) is 0.156. The van der Waals surface area contributed by atoms with Crippen molar-refractivity contribution in [3.05, 3.63) is 60.1 Å². The monoisotopic (exact) mass is 496 g/mol. The van der Waals surface area contributed by atoms with E-state index in [2.05, 4.69) is 52.5 Å². The number of methoxy groups -OCH3 is 2. The van der Waals surface area contributed by atoms with Gasteiger partial charge in [-0.05, 0) is 67.4 Å². The molecule has 1 saturated carbocycles. The van der Waals surface area contributed by atoms with Crippen LogP contribution in [-0.4, -0.2) is 26.4 Å². The Labute approximate surface area is 219 Å². The number of ether oxygens (including phenoxy) is 4. The van der Waals surface area contributed by atoms with Crippen molar-refractivity contribution in [1.82, 2.24) is 0 Å². The van der Waals surface area contributed by atoms with Crippen molar-refractivity contribution < 1.29 is 18.9 Å². The highest BCUT2D eigenvalue weighted by Crippen LogP contribution is 2.57. The second-order valence-electron chi connectivity index (χ2n) is 11.4. The minimum atomic E-state index is -0.315. The van der Waals surface area contributed by atoms with Crippen LogP contribution in [0.5, 0.6) is 11.5 Å². The van der Waals surface area contributed by atoms with E-state index in [1.54, 1.807) is 20.5 Å². The first-order chi connectivity index (χ1) is 17.3. The van der Waals surface area contributed by atoms with E-state index in [4.69, 9.17) is 18.9 Å². The standard InChI is InChI=1S/C32H48O4/c1-8-10-11-12-16-31(3,4)25-21-28(35-18-9-2)30-26-20-24(23-34-7)14-15-27(26)32(5,17-13-19-33-6)36-29(30)22-25/h9,13,19,21-23,26-27H,2,8,10-12,14-18,20H2,1,3-7H3/b19-13+,24-23+/t26-,27-,32+/m1/s1. The molecule has 0 radical (unpaired) electrons. The maximum Gasteiger partial charge on any atom is 0.127 e. The number of rotatable bonds is 13. The number of hydrogen-bond donors (Lipinski definition) is 0. The Bertz CT molecular complexity index is 928. The van der Waals surface area contributed by atoms with E-state index in [1.165, 1.54) is 42.4 Å². The molecular formula is C32H48O4. The third-order valence-corrected chi connectivity index (χ3v) is 8.18.